The number of nitrogens with zero attached hydrogens (tertiary/aromatic N) is 3. The first kappa shape index (κ1) is 21.7. The van der Waals surface area contributed by atoms with Crippen molar-refractivity contribution in [3.05, 3.63) is 41.4 Å². The van der Waals surface area contributed by atoms with E-state index in [2.05, 4.69) is 37.6 Å². The van der Waals surface area contributed by atoms with E-state index in [4.69, 9.17) is 4.74 Å². The predicted octanol–water partition coefficient (Wildman–Crippen LogP) is 1.95. The van der Waals surface area contributed by atoms with Gasteiger partial charge in [0.1, 0.15) is 5.01 Å². The Labute approximate surface area is 176 Å². The fourth-order valence-corrected chi connectivity index (χ4v) is 3.98. The second-order valence-corrected chi connectivity index (χ2v) is 8.30. The summed E-state index contributed by atoms with van der Waals surface area (Å²) in [6.07, 6.45) is 0. The van der Waals surface area contributed by atoms with Crippen LogP contribution in [-0.2, 0) is 11.3 Å². The molecule has 1 unspecified atom stereocenters. The zero-order valence-electron chi connectivity index (χ0n) is 17.2. The number of nitrogens with one attached hydrogen (secondary N) is 2. The molecule has 1 atom stereocenters. The lowest BCUT2D eigenvalue weighted by atomic mass is 10.1. The van der Waals surface area contributed by atoms with Crippen molar-refractivity contribution in [2.24, 2.45) is 4.99 Å². The molecule has 1 aliphatic rings. The molecular formula is C21H31N5O2S. The first-order chi connectivity index (χ1) is 14.1. The SMILES string of the molecule is CCNC(=NCc1csc(-c2ccccc2)n1)NCC(C)(O)CN1CCOCC1. The first-order valence-electron chi connectivity index (χ1n) is 10.1. The summed E-state index contributed by atoms with van der Waals surface area (Å²) in [5, 5.41) is 20.3. The third-order valence-electron chi connectivity index (χ3n) is 4.62. The van der Waals surface area contributed by atoms with Crippen LogP contribution in [-0.4, -0.2) is 72.5 Å². The Morgan fingerprint density at radius 1 is 1.28 bits per heavy atom. The van der Waals surface area contributed by atoms with E-state index in [-0.39, 0.29) is 0 Å². The van der Waals surface area contributed by atoms with Crippen LogP contribution in [0.25, 0.3) is 10.6 Å². The minimum atomic E-state index is -0.853. The maximum atomic E-state index is 10.8. The van der Waals surface area contributed by atoms with Gasteiger partial charge in [0, 0.05) is 43.7 Å². The number of guanidine groups is 1. The molecule has 3 rings (SSSR count). The molecule has 0 saturated carbocycles. The van der Waals surface area contributed by atoms with E-state index in [0.717, 1.165) is 49.1 Å². The monoisotopic (exact) mass is 417 g/mol. The number of aliphatic imine (C=N–C) groups is 1. The van der Waals surface area contributed by atoms with Crippen molar-refractivity contribution in [2.45, 2.75) is 26.0 Å². The molecule has 0 amide bonds. The Bertz CT molecular complexity index is 772. The van der Waals surface area contributed by atoms with Gasteiger partial charge in [-0.25, -0.2) is 9.98 Å². The molecule has 1 aromatic heterocycles. The van der Waals surface area contributed by atoms with E-state index in [1.54, 1.807) is 11.3 Å². The molecule has 2 aromatic rings. The molecule has 0 aliphatic carbocycles. The molecule has 1 fully saturated rings. The standard InChI is InChI=1S/C21H31N5O2S/c1-3-22-20(24-15-21(2,27)16-26-9-11-28-12-10-26)23-13-18-14-29-19(25-18)17-7-5-4-6-8-17/h4-8,14,27H,3,9-13,15-16H2,1-2H3,(H2,22,23,24). The third-order valence-corrected chi connectivity index (χ3v) is 5.56. The van der Waals surface area contributed by atoms with E-state index in [0.29, 0.717) is 25.6 Å². The van der Waals surface area contributed by atoms with Gasteiger partial charge >= 0.3 is 0 Å². The van der Waals surface area contributed by atoms with E-state index in [1.807, 2.05) is 37.4 Å². The average Bonchev–Trinajstić information content (AvgIpc) is 3.20. The lowest BCUT2D eigenvalue weighted by Gasteiger charge is -2.34. The lowest BCUT2D eigenvalue weighted by Crippen LogP contribution is -2.52. The maximum Gasteiger partial charge on any atom is 0.191 e. The van der Waals surface area contributed by atoms with Gasteiger partial charge in [-0.2, -0.15) is 0 Å². The number of β-amino-alcohol motifs (C(OH)–C–C–N with tert-alkyl or cyclic N) is 1. The number of rotatable bonds is 8. The second kappa shape index (κ2) is 10.7. The van der Waals surface area contributed by atoms with Gasteiger partial charge < -0.3 is 20.5 Å². The summed E-state index contributed by atoms with van der Waals surface area (Å²) in [5.41, 5.74) is 1.21. The van der Waals surface area contributed by atoms with Gasteiger partial charge in [0.05, 0.1) is 31.1 Å². The molecule has 1 aromatic carbocycles. The van der Waals surface area contributed by atoms with E-state index in [1.165, 1.54) is 0 Å². The quantitative estimate of drug-likeness (QED) is 0.450. The van der Waals surface area contributed by atoms with Crippen LogP contribution >= 0.6 is 11.3 Å². The van der Waals surface area contributed by atoms with Gasteiger partial charge in [-0.3, -0.25) is 4.90 Å². The molecule has 0 spiro atoms. The Kier molecular flexibility index (Phi) is 8.00. The average molecular weight is 418 g/mol. The predicted molar refractivity (Wildman–Crippen MR) is 118 cm³/mol. The number of thiazole rings is 1. The van der Waals surface area contributed by atoms with Crippen molar-refractivity contribution in [1.29, 1.82) is 0 Å². The van der Waals surface area contributed by atoms with Crippen molar-refractivity contribution in [3.8, 4) is 10.6 Å². The normalized spacial score (nSPS) is 17.7. The van der Waals surface area contributed by atoms with Crippen molar-refractivity contribution in [2.75, 3.05) is 45.9 Å². The fourth-order valence-electron chi connectivity index (χ4n) is 3.17. The Morgan fingerprint density at radius 2 is 2.03 bits per heavy atom. The Morgan fingerprint density at radius 3 is 2.76 bits per heavy atom. The second-order valence-electron chi connectivity index (χ2n) is 7.44. The van der Waals surface area contributed by atoms with Crippen LogP contribution in [0.5, 0.6) is 0 Å². The highest BCUT2D eigenvalue weighted by molar-refractivity contribution is 7.13. The summed E-state index contributed by atoms with van der Waals surface area (Å²) in [6.45, 7) is 9.32. The van der Waals surface area contributed by atoms with Crippen molar-refractivity contribution >= 4 is 17.3 Å². The summed E-state index contributed by atoms with van der Waals surface area (Å²) in [4.78, 5) is 11.6. The Hall–Kier alpha value is -2.00. The minimum absolute atomic E-state index is 0.419. The molecule has 8 heteroatoms. The molecule has 3 N–H and O–H groups in total. The number of morpholine rings is 1. The van der Waals surface area contributed by atoms with Gasteiger partial charge in [-0.1, -0.05) is 30.3 Å². The largest absolute Gasteiger partial charge is 0.387 e. The molecule has 0 bridgehead atoms. The molecule has 0 radical (unpaired) electrons. The molecule has 1 saturated heterocycles. The number of aliphatic hydroxyl groups is 1. The van der Waals surface area contributed by atoms with E-state index < -0.39 is 5.60 Å². The van der Waals surface area contributed by atoms with Crippen LogP contribution in [0, 0.1) is 0 Å². The van der Waals surface area contributed by atoms with Crippen molar-refractivity contribution < 1.29 is 9.84 Å². The topological polar surface area (TPSA) is 82.0 Å². The summed E-state index contributed by atoms with van der Waals surface area (Å²) < 4.78 is 5.38. The number of benzene rings is 1. The molecule has 158 valence electrons. The van der Waals surface area contributed by atoms with Gasteiger partial charge in [-0.05, 0) is 13.8 Å². The summed E-state index contributed by atoms with van der Waals surface area (Å²) in [5.74, 6) is 0.684. The fraction of sp³-hybridized carbons (Fsp3) is 0.524. The number of hydrogen-bond acceptors (Lipinski definition) is 6. The highest BCUT2D eigenvalue weighted by Crippen LogP contribution is 2.23. The minimum Gasteiger partial charge on any atom is -0.387 e. The van der Waals surface area contributed by atoms with Crippen molar-refractivity contribution in [1.82, 2.24) is 20.5 Å². The zero-order chi connectivity index (χ0) is 20.5. The van der Waals surface area contributed by atoms with Gasteiger partial charge in [-0.15, -0.1) is 11.3 Å². The van der Waals surface area contributed by atoms with E-state index in [9.17, 15) is 5.11 Å². The number of ether oxygens (including phenoxy) is 1. The molecular weight excluding hydrogens is 386 g/mol. The summed E-state index contributed by atoms with van der Waals surface area (Å²) in [6, 6.07) is 10.2. The molecule has 29 heavy (non-hydrogen) atoms. The van der Waals surface area contributed by atoms with Crippen molar-refractivity contribution in [3.63, 3.8) is 0 Å². The van der Waals surface area contributed by atoms with Crippen LogP contribution in [0.3, 0.4) is 0 Å². The zero-order valence-corrected chi connectivity index (χ0v) is 18.0. The van der Waals surface area contributed by atoms with Crippen LogP contribution < -0.4 is 10.6 Å². The van der Waals surface area contributed by atoms with Crippen LogP contribution in [0.2, 0.25) is 0 Å². The first-order valence-corrected chi connectivity index (χ1v) is 11.0. The number of aromatic nitrogens is 1. The Balaban J connectivity index is 1.54. The molecule has 7 nitrogen and oxygen atoms in total. The third kappa shape index (κ3) is 7.08. The van der Waals surface area contributed by atoms with Gasteiger partial charge in [0.2, 0.25) is 0 Å². The van der Waals surface area contributed by atoms with Gasteiger partial charge in [0.25, 0.3) is 0 Å². The van der Waals surface area contributed by atoms with Gasteiger partial charge in [0.15, 0.2) is 5.96 Å². The smallest absolute Gasteiger partial charge is 0.191 e. The number of hydrogen-bond donors (Lipinski definition) is 3. The van der Waals surface area contributed by atoms with Crippen LogP contribution in [0.4, 0.5) is 0 Å². The van der Waals surface area contributed by atoms with E-state index >= 15 is 0 Å². The highest BCUT2D eigenvalue weighted by Gasteiger charge is 2.25. The maximum absolute atomic E-state index is 10.8. The molecule has 1 aliphatic heterocycles. The summed E-state index contributed by atoms with van der Waals surface area (Å²) >= 11 is 1.63. The lowest BCUT2D eigenvalue weighted by molar-refractivity contribution is -0.0201. The summed E-state index contributed by atoms with van der Waals surface area (Å²) in [7, 11) is 0. The van der Waals surface area contributed by atoms with Crippen LogP contribution in [0.15, 0.2) is 40.7 Å². The van der Waals surface area contributed by atoms with Crippen LogP contribution in [0.1, 0.15) is 19.5 Å². The molecule has 2 heterocycles. The highest BCUT2D eigenvalue weighted by atomic mass is 32.1.